The molecule has 1 nitrogen and oxygen atoms in total. The molecule has 0 amide bonds. The number of halogens is 1. The number of aromatic nitrogens is 1. The molecule has 1 aromatic heterocycles. The molecule has 1 heterocycles. The maximum atomic E-state index is 12.9. The normalized spacial score (nSPS) is 12.0. The second kappa shape index (κ2) is 3.30. The number of hydrogen-bond donors (Lipinski definition) is 0. The van der Waals surface area contributed by atoms with Gasteiger partial charge in [-0.25, -0.2) is 4.39 Å². The van der Waals surface area contributed by atoms with Gasteiger partial charge in [0.25, 0.3) is 0 Å². The van der Waals surface area contributed by atoms with E-state index in [1.165, 1.54) is 17.7 Å². The summed E-state index contributed by atoms with van der Waals surface area (Å²) in [6.07, 6.45) is 1.82. The zero-order valence-electron chi connectivity index (χ0n) is 9.21. The average Bonchev–Trinajstić information content (AvgIpc) is 2.15. The Balaban J connectivity index is 2.62. The fourth-order valence-corrected chi connectivity index (χ4v) is 1.50. The van der Waals surface area contributed by atoms with Crippen LogP contribution < -0.4 is 0 Å². The van der Waals surface area contributed by atoms with Gasteiger partial charge in [-0.2, -0.15) is 0 Å². The summed E-state index contributed by atoms with van der Waals surface area (Å²) >= 11 is 0. The minimum atomic E-state index is -0.237. The van der Waals surface area contributed by atoms with E-state index in [-0.39, 0.29) is 11.2 Å². The molecule has 1 aromatic carbocycles. The molecule has 0 aliphatic heterocycles. The van der Waals surface area contributed by atoms with Gasteiger partial charge in [-0.1, -0.05) is 20.8 Å². The summed E-state index contributed by atoms with van der Waals surface area (Å²) in [4.78, 5) is 4.27. The maximum absolute atomic E-state index is 12.9. The van der Waals surface area contributed by atoms with Gasteiger partial charge in [0, 0.05) is 17.6 Å². The first-order valence-corrected chi connectivity index (χ1v) is 5.02. The molecule has 0 unspecified atom stereocenters. The van der Waals surface area contributed by atoms with Crippen molar-refractivity contribution in [1.29, 1.82) is 0 Å². The van der Waals surface area contributed by atoms with Crippen LogP contribution in [0.2, 0.25) is 0 Å². The number of nitrogens with zero attached hydrogens (tertiary/aromatic N) is 1. The van der Waals surface area contributed by atoms with Crippen LogP contribution in [0.3, 0.4) is 0 Å². The number of rotatable bonds is 0. The zero-order chi connectivity index (χ0) is 11.1. The predicted molar refractivity (Wildman–Crippen MR) is 60.4 cm³/mol. The molecular weight excluding hydrogens is 189 g/mol. The van der Waals surface area contributed by atoms with Crippen LogP contribution in [0.5, 0.6) is 0 Å². The Kier molecular flexibility index (Phi) is 2.22. The Morgan fingerprint density at radius 1 is 1.13 bits per heavy atom. The van der Waals surface area contributed by atoms with Gasteiger partial charge >= 0.3 is 0 Å². The van der Waals surface area contributed by atoms with Crippen LogP contribution in [0.15, 0.2) is 30.5 Å². The lowest BCUT2D eigenvalue weighted by atomic mass is 9.88. The van der Waals surface area contributed by atoms with E-state index < -0.39 is 0 Å². The standard InChI is InChI=1S/C13H14FN/c1-13(2,3)10-6-9-4-5-11(14)7-12(9)15-8-10/h4-8H,1-3H3. The summed E-state index contributed by atoms with van der Waals surface area (Å²) in [5.74, 6) is -0.237. The van der Waals surface area contributed by atoms with Crippen LogP contribution in [-0.2, 0) is 5.41 Å². The summed E-state index contributed by atoms with van der Waals surface area (Å²) < 4.78 is 12.9. The minimum absolute atomic E-state index is 0.0789. The van der Waals surface area contributed by atoms with E-state index in [1.807, 2.05) is 6.20 Å². The summed E-state index contributed by atoms with van der Waals surface area (Å²) in [5.41, 5.74) is 1.96. The second-order valence-electron chi connectivity index (χ2n) is 4.81. The molecular formula is C13H14FN. The van der Waals surface area contributed by atoms with Gasteiger partial charge in [0.05, 0.1) is 5.52 Å². The summed E-state index contributed by atoms with van der Waals surface area (Å²) in [6.45, 7) is 6.41. The molecule has 0 aliphatic carbocycles. The Hall–Kier alpha value is -1.44. The number of pyridine rings is 1. The van der Waals surface area contributed by atoms with E-state index in [2.05, 4.69) is 31.8 Å². The molecule has 0 saturated heterocycles. The zero-order valence-corrected chi connectivity index (χ0v) is 9.21. The third-order valence-electron chi connectivity index (χ3n) is 2.51. The Labute approximate surface area is 89.0 Å². The van der Waals surface area contributed by atoms with E-state index in [9.17, 15) is 4.39 Å². The van der Waals surface area contributed by atoms with Crippen molar-refractivity contribution >= 4 is 10.9 Å². The van der Waals surface area contributed by atoms with Crippen LogP contribution >= 0.6 is 0 Å². The van der Waals surface area contributed by atoms with E-state index in [0.29, 0.717) is 5.52 Å². The molecule has 2 rings (SSSR count). The summed E-state index contributed by atoms with van der Waals surface area (Å²) in [5, 5.41) is 0.990. The molecule has 2 aromatic rings. The topological polar surface area (TPSA) is 12.9 Å². The highest BCUT2D eigenvalue weighted by molar-refractivity contribution is 5.79. The highest BCUT2D eigenvalue weighted by Crippen LogP contribution is 2.24. The van der Waals surface area contributed by atoms with Gasteiger partial charge in [-0.15, -0.1) is 0 Å². The molecule has 15 heavy (non-hydrogen) atoms. The molecule has 0 atom stereocenters. The molecule has 78 valence electrons. The summed E-state index contributed by atoms with van der Waals surface area (Å²) in [6, 6.07) is 6.77. The smallest absolute Gasteiger partial charge is 0.125 e. The molecule has 0 N–H and O–H groups in total. The average molecular weight is 203 g/mol. The van der Waals surface area contributed by atoms with Crippen LogP contribution in [-0.4, -0.2) is 4.98 Å². The minimum Gasteiger partial charge on any atom is -0.256 e. The van der Waals surface area contributed by atoms with Gasteiger partial charge in [-0.05, 0) is 29.2 Å². The molecule has 0 fully saturated rings. The first-order valence-electron chi connectivity index (χ1n) is 5.02. The van der Waals surface area contributed by atoms with E-state index >= 15 is 0 Å². The van der Waals surface area contributed by atoms with Crippen LogP contribution in [0.25, 0.3) is 10.9 Å². The quantitative estimate of drug-likeness (QED) is 0.636. The lowest BCUT2D eigenvalue weighted by molar-refractivity contribution is 0.588. The Morgan fingerprint density at radius 3 is 2.53 bits per heavy atom. The van der Waals surface area contributed by atoms with Crippen molar-refractivity contribution in [3.63, 3.8) is 0 Å². The van der Waals surface area contributed by atoms with Crippen molar-refractivity contribution in [3.05, 3.63) is 41.8 Å². The van der Waals surface area contributed by atoms with Gasteiger partial charge in [-0.3, -0.25) is 4.98 Å². The van der Waals surface area contributed by atoms with Gasteiger partial charge in [0.1, 0.15) is 5.82 Å². The van der Waals surface area contributed by atoms with E-state index in [1.54, 1.807) is 6.07 Å². The molecule has 0 saturated carbocycles. The number of benzene rings is 1. The van der Waals surface area contributed by atoms with Crippen LogP contribution in [0.4, 0.5) is 4.39 Å². The predicted octanol–water partition coefficient (Wildman–Crippen LogP) is 3.67. The van der Waals surface area contributed by atoms with Gasteiger partial charge in [0.2, 0.25) is 0 Å². The first kappa shape index (κ1) is 10.1. The van der Waals surface area contributed by atoms with Crippen molar-refractivity contribution < 1.29 is 4.39 Å². The van der Waals surface area contributed by atoms with Crippen molar-refractivity contribution in [2.75, 3.05) is 0 Å². The van der Waals surface area contributed by atoms with Crippen molar-refractivity contribution in [2.24, 2.45) is 0 Å². The van der Waals surface area contributed by atoms with E-state index in [4.69, 9.17) is 0 Å². The highest BCUT2D eigenvalue weighted by Gasteiger charge is 2.14. The van der Waals surface area contributed by atoms with Crippen molar-refractivity contribution in [2.45, 2.75) is 26.2 Å². The van der Waals surface area contributed by atoms with Crippen molar-refractivity contribution in [1.82, 2.24) is 4.98 Å². The van der Waals surface area contributed by atoms with Crippen LogP contribution in [0, 0.1) is 5.82 Å². The number of hydrogen-bond acceptors (Lipinski definition) is 1. The molecule has 0 radical (unpaired) electrons. The SMILES string of the molecule is CC(C)(C)c1cnc2cc(F)ccc2c1. The number of fused-ring (bicyclic) bond motifs is 1. The Morgan fingerprint density at radius 2 is 1.87 bits per heavy atom. The lowest BCUT2D eigenvalue weighted by Crippen LogP contribution is -2.11. The lowest BCUT2D eigenvalue weighted by Gasteiger charge is -2.18. The van der Waals surface area contributed by atoms with E-state index in [0.717, 1.165) is 5.39 Å². The molecule has 0 bridgehead atoms. The second-order valence-corrected chi connectivity index (χ2v) is 4.81. The van der Waals surface area contributed by atoms with Gasteiger partial charge in [0.15, 0.2) is 0 Å². The first-order chi connectivity index (χ1) is 6.97. The van der Waals surface area contributed by atoms with Crippen molar-refractivity contribution in [3.8, 4) is 0 Å². The fourth-order valence-electron chi connectivity index (χ4n) is 1.50. The van der Waals surface area contributed by atoms with Crippen LogP contribution in [0.1, 0.15) is 26.3 Å². The maximum Gasteiger partial charge on any atom is 0.125 e. The third-order valence-corrected chi connectivity index (χ3v) is 2.51. The van der Waals surface area contributed by atoms with Gasteiger partial charge < -0.3 is 0 Å². The molecule has 2 heteroatoms. The fraction of sp³-hybridized carbons (Fsp3) is 0.308. The third kappa shape index (κ3) is 1.99. The highest BCUT2D eigenvalue weighted by atomic mass is 19.1. The molecule has 0 spiro atoms. The largest absolute Gasteiger partial charge is 0.256 e. The summed E-state index contributed by atoms with van der Waals surface area (Å²) in [7, 11) is 0. The monoisotopic (exact) mass is 203 g/mol. The Bertz CT molecular complexity index is 497. The molecule has 0 aliphatic rings.